The van der Waals surface area contributed by atoms with E-state index in [1.165, 1.54) is 16.2 Å². The van der Waals surface area contributed by atoms with Crippen molar-refractivity contribution in [2.24, 2.45) is 11.8 Å². The van der Waals surface area contributed by atoms with Gasteiger partial charge in [0.25, 0.3) is 5.91 Å². The van der Waals surface area contributed by atoms with Crippen LogP contribution in [0.25, 0.3) is 0 Å². The Bertz CT molecular complexity index is 597. The van der Waals surface area contributed by atoms with Crippen LogP contribution in [0.3, 0.4) is 0 Å². The summed E-state index contributed by atoms with van der Waals surface area (Å²) in [6, 6.07) is 4.32. The van der Waals surface area contributed by atoms with E-state index in [1.807, 2.05) is 21.6 Å². The van der Waals surface area contributed by atoms with Gasteiger partial charge < -0.3 is 4.90 Å². The molecular weight excluding hydrogens is 302 g/mol. The number of hydrogen-bond acceptors (Lipinski definition) is 5. The molecule has 2 aromatic rings. The number of likely N-dealkylation sites (tertiary alicyclic amines) is 2. The molecule has 2 fully saturated rings. The maximum absolute atomic E-state index is 12.3. The number of thiazole rings is 1. The predicted molar refractivity (Wildman–Crippen MR) is 84.6 cm³/mol. The van der Waals surface area contributed by atoms with E-state index in [0.29, 0.717) is 17.5 Å². The fraction of sp³-hybridized carbons (Fsp3) is 0.467. The van der Waals surface area contributed by atoms with Crippen LogP contribution in [-0.4, -0.2) is 46.9 Å². The first-order chi connectivity index (χ1) is 10.3. The summed E-state index contributed by atoms with van der Waals surface area (Å²) < 4.78 is 0. The van der Waals surface area contributed by atoms with Gasteiger partial charge in [0.05, 0.1) is 5.51 Å². The molecule has 2 atom stereocenters. The third-order valence-corrected chi connectivity index (χ3v) is 5.91. The average molecular weight is 319 g/mol. The van der Waals surface area contributed by atoms with E-state index in [9.17, 15) is 4.79 Å². The van der Waals surface area contributed by atoms with Crippen molar-refractivity contribution in [1.29, 1.82) is 0 Å². The summed E-state index contributed by atoms with van der Waals surface area (Å²) in [6.07, 6.45) is 0. The summed E-state index contributed by atoms with van der Waals surface area (Å²) in [5.41, 5.74) is 2.34. The van der Waals surface area contributed by atoms with Gasteiger partial charge in [-0.25, -0.2) is 4.98 Å². The summed E-state index contributed by atoms with van der Waals surface area (Å²) in [5, 5.41) is 3.99. The number of amides is 1. The minimum absolute atomic E-state index is 0.107. The smallest absolute Gasteiger partial charge is 0.273 e. The van der Waals surface area contributed by atoms with Gasteiger partial charge in [0.15, 0.2) is 0 Å². The minimum atomic E-state index is 0.107. The molecule has 0 aliphatic carbocycles. The van der Waals surface area contributed by atoms with Gasteiger partial charge >= 0.3 is 0 Å². The Balaban J connectivity index is 1.36. The van der Waals surface area contributed by atoms with Crippen molar-refractivity contribution >= 4 is 28.6 Å². The number of carbonyl (C=O) groups excluding carboxylic acids is 1. The number of nitrogens with zero attached hydrogens (tertiary/aromatic N) is 3. The monoisotopic (exact) mass is 319 g/mol. The van der Waals surface area contributed by atoms with Crippen LogP contribution < -0.4 is 0 Å². The lowest BCUT2D eigenvalue weighted by Gasteiger charge is -2.20. The summed E-state index contributed by atoms with van der Waals surface area (Å²) in [6.45, 7) is 5.07. The van der Waals surface area contributed by atoms with E-state index in [1.54, 1.807) is 5.51 Å². The average Bonchev–Trinajstić information content (AvgIpc) is 3.23. The second kappa shape index (κ2) is 5.51. The summed E-state index contributed by atoms with van der Waals surface area (Å²) >= 11 is 3.31. The van der Waals surface area contributed by atoms with Crippen LogP contribution in [0.5, 0.6) is 0 Å². The van der Waals surface area contributed by atoms with E-state index in [0.717, 1.165) is 32.7 Å². The zero-order valence-corrected chi connectivity index (χ0v) is 13.3. The highest BCUT2D eigenvalue weighted by molar-refractivity contribution is 7.09. The molecule has 4 rings (SSSR count). The van der Waals surface area contributed by atoms with E-state index in [4.69, 9.17) is 0 Å². The second-order valence-corrected chi connectivity index (χ2v) is 7.63. The molecule has 0 radical (unpaired) electrons. The van der Waals surface area contributed by atoms with E-state index < -0.39 is 0 Å². The maximum atomic E-state index is 12.3. The van der Waals surface area contributed by atoms with E-state index in [2.05, 4.69) is 27.4 Å². The molecule has 0 spiro atoms. The van der Waals surface area contributed by atoms with Crippen molar-refractivity contribution in [3.8, 4) is 0 Å². The van der Waals surface area contributed by atoms with E-state index >= 15 is 0 Å². The zero-order valence-electron chi connectivity index (χ0n) is 11.6. The van der Waals surface area contributed by atoms with Crippen LogP contribution in [0.15, 0.2) is 28.4 Å². The molecule has 110 valence electrons. The Hall–Kier alpha value is -1.24. The molecule has 2 aromatic heterocycles. The Kier molecular flexibility index (Phi) is 3.52. The van der Waals surface area contributed by atoms with Gasteiger partial charge in [0.1, 0.15) is 5.69 Å². The highest BCUT2D eigenvalue weighted by Gasteiger charge is 2.41. The molecule has 4 heterocycles. The van der Waals surface area contributed by atoms with Gasteiger partial charge in [0.2, 0.25) is 0 Å². The van der Waals surface area contributed by atoms with Crippen LogP contribution >= 0.6 is 22.7 Å². The Morgan fingerprint density at radius 3 is 2.71 bits per heavy atom. The lowest BCUT2D eigenvalue weighted by molar-refractivity contribution is 0.0768. The third-order valence-electron chi connectivity index (χ3n) is 4.46. The summed E-state index contributed by atoms with van der Waals surface area (Å²) in [4.78, 5) is 22.4. The highest BCUT2D eigenvalue weighted by Crippen LogP contribution is 2.33. The third kappa shape index (κ3) is 2.63. The van der Waals surface area contributed by atoms with Gasteiger partial charge in [-0.15, -0.1) is 22.7 Å². The van der Waals surface area contributed by atoms with Crippen LogP contribution in [0.2, 0.25) is 0 Å². The molecule has 2 unspecified atom stereocenters. The second-order valence-electron chi connectivity index (χ2n) is 5.88. The Morgan fingerprint density at radius 1 is 1.29 bits per heavy atom. The first-order valence-electron chi connectivity index (χ1n) is 7.22. The van der Waals surface area contributed by atoms with Crippen molar-refractivity contribution in [2.45, 2.75) is 6.54 Å². The first kappa shape index (κ1) is 13.4. The van der Waals surface area contributed by atoms with Crippen LogP contribution in [0, 0.1) is 11.8 Å². The number of hydrogen-bond donors (Lipinski definition) is 0. The molecule has 2 saturated heterocycles. The molecule has 0 aromatic carbocycles. The van der Waals surface area contributed by atoms with Crippen LogP contribution in [0.4, 0.5) is 0 Å². The van der Waals surface area contributed by atoms with Crippen molar-refractivity contribution in [2.75, 3.05) is 26.2 Å². The zero-order chi connectivity index (χ0) is 14.2. The van der Waals surface area contributed by atoms with Crippen molar-refractivity contribution in [1.82, 2.24) is 14.8 Å². The number of aromatic nitrogens is 1. The Morgan fingerprint density at radius 2 is 2.10 bits per heavy atom. The molecule has 1 amide bonds. The highest BCUT2D eigenvalue weighted by atomic mass is 32.1. The molecule has 0 bridgehead atoms. The number of carbonyl (C=O) groups is 1. The quantitative estimate of drug-likeness (QED) is 0.872. The summed E-state index contributed by atoms with van der Waals surface area (Å²) in [5.74, 6) is 1.37. The standard InChI is InChI=1S/C15H17N3OS2/c19-15(14-9-20-10-16-14)18-6-11-4-17(5-12(11)7-18)8-13-2-1-3-21-13/h1-3,9-12H,4-8H2. The largest absolute Gasteiger partial charge is 0.337 e. The first-order valence-corrected chi connectivity index (χ1v) is 9.04. The van der Waals surface area contributed by atoms with Crippen molar-refractivity contribution in [3.05, 3.63) is 39.0 Å². The maximum Gasteiger partial charge on any atom is 0.273 e. The molecule has 0 N–H and O–H groups in total. The summed E-state index contributed by atoms with van der Waals surface area (Å²) in [7, 11) is 0. The lowest BCUT2D eigenvalue weighted by Crippen LogP contribution is -2.33. The van der Waals surface area contributed by atoms with Gasteiger partial charge in [-0.05, 0) is 23.3 Å². The number of rotatable bonds is 3. The fourth-order valence-corrected chi connectivity index (χ4v) is 4.76. The van der Waals surface area contributed by atoms with Gasteiger partial charge in [-0.1, -0.05) is 6.07 Å². The van der Waals surface area contributed by atoms with E-state index in [-0.39, 0.29) is 5.91 Å². The Labute approximate surface area is 132 Å². The van der Waals surface area contributed by atoms with Gasteiger partial charge in [-0.3, -0.25) is 9.69 Å². The molecule has 21 heavy (non-hydrogen) atoms. The molecule has 6 heteroatoms. The van der Waals surface area contributed by atoms with Crippen LogP contribution in [-0.2, 0) is 6.54 Å². The minimum Gasteiger partial charge on any atom is -0.337 e. The normalized spacial score (nSPS) is 25.4. The topological polar surface area (TPSA) is 36.4 Å². The van der Waals surface area contributed by atoms with Crippen molar-refractivity contribution < 1.29 is 4.79 Å². The molecule has 2 aliphatic rings. The molecular formula is C15H17N3OS2. The number of fused-ring (bicyclic) bond motifs is 1. The fourth-order valence-electron chi connectivity index (χ4n) is 3.49. The predicted octanol–water partition coefficient (Wildman–Crippen LogP) is 2.41. The molecule has 0 saturated carbocycles. The molecule has 2 aliphatic heterocycles. The van der Waals surface area contributed by atoms with Gasteiger partial charge in [0, 0.05) is 43.0 Å². The lowest BCUT2D eigenvalue weighted by atomic mass is 10.0. The van der Waals surface area contributed by atoms with Crippen LogP contribution in [0.1, 0.15) is 15.4 Å². The van der Waals surface area contributed by atoms with Crippen molar-refractivity contribution in [3.63, 3.8) is 0 Å². The number of thiophene rings is 1. The molecule has 4 nitrogen and oxygen atoms in total. The SMILES string of the molecule is O=C(c1cscn1)N1CC2CN(Cc3cccs3)CC2C1. The van der Waals surface area contributed by atoms with Gasteiger partial charge in [-0.2, -0.15) is 0 Å².